The Kier molecular flexibility index (Phi) is 4.44. The molecule has 0 saturated heterocycles. The third-order valence-electron chi connectivity index (χ3n) is 3.22. The highest BCUT2D eigenvalue weighted by Crippen LogP contribution is 2.26. The lowest BCUT2D eigenvalue weighted by Gasteiger charge is -2.06. The molecular formula is C17H17N3OS. The van der Waals surface area contributed by atoms with E-state index in [1.165, 1.54) is 11.1 Å². The van der Waals surface area contributed by atoms with Gasteiger partial charge in [-0.1, -0.05) is 47.7 Å². The summed E-state index contributed by atoms with van der Waals surface area (Å²) < 4.78 is 7.45. The summed E-state index contributed by atoms with van der Waals surface area (Å²) in [5.41, 5.74) is 2.54. The highest BCUT2D eigenvalue weighted by atomic mass is 32.2. The van der Waals surface area contributed by atoms with Gasteiger partial charge in [0.15, 0.2) is 10.9 Å². The predicted molar refractivity (Wildman–Crippen MR) is 88.7 cm³/mol. The highest BCUT2D eigenvalue weighted by Gasteiger charge is 2.15. The van der Waals surface area contributed by atoms with Gasteiger partial charge in [0.05, 0.1) is 6.26 Å². The molecule has 4 nitrogen and oxygen atoms in total. The van der Waals surface area contributed by atoms with Crippen molar-refractivity contribution in [3.05, 3.63) is 66.4 Å². The lowest BCUT2D eigenvalue weighted by molar-refractivity contribution is 0.569. The molecular weight excluding hydrogens is 294 g/mol. The first-order chi connectivity index (χ1) is 10.8. The first-order valence-electron chi connectivity index (χ1n) is 7.04. The average molecular weight is 311 g/mol. The first kappa shape index (κ1) is 14.7. The minimum Gasteiger partial charge on any atom is -0.461 e. The number of benzene rings is 1. The van der Waals surface area contributed by atoms with Crippen LogP contribution in [0.3, 0.4) is 0 Å². The van der Waals surface area contributed by atoms with Gasteiger partial charge in [0.25, 0.3) is 0 Å². The molecule has 3 aromatic rings. The monoisotopic (exact) mass is 311 g/mol. The Balaban J connectivity index is 1.83. The van der Waals surface area contributed by atoms with Gasteiger partial charge in [0.1, 0.15) is 0 Å². The summed E-state index contributed by atoms with van der Waals surface area (Å²) in [4.78, 5) is 0. The van der Waals surface area contributed by atoms with Gasteiger partial charge in [-0.3, -0.25) is 4.57 Å². The van der Waals surface area contributed by atoms with Gasteiger partial charge in [0, 0.05) is 12.3 Å². The molecule has 5 heteroatoms. The summed E-state index contributed by atoms with van der Waals surface area (Å²) in [6.07, 6.45) is 3.48. The van der Waals surface area contributed by atoms with E-state index in [2.05, 4.69) is 48.0 Å². The molecule has 0 aliphatic rings. The van der Waals surface area contributed by atoms with Crippen LogP contribution in [0.15, 0.2) is 64.9 Å². The lowest BCUT2D eigenvalue weighted by atomic mass is 10.2. The quantitative estimate of drug-likeness (QED) is 0.502. The minimum absolute atomic E-state index is 0.652. The Hall–Kier alpha value is -2.27. The molecule has 3 rings (SSSR count). The molecule has 0 bridgehead atoms. The van der Waals surface area contributed by atoms with Crippen molar-refractivity contribution in [3.63, 3.8) is 0 Å². The minimum atomic E-state index is 0.652. The molecule has 0 aliphatic heterocycles. The fourth-order valence-electron chi connectivity index (χ4n) is 2.23. The predicted octanol–water partition coefficient (Wildman–Crippen LogP) is 4.32. The van der Waals surface area contributed by atoms with Crippen molar-refractivity contribution in [3.8, 4) is 11.6 Å². The lowest BCUT2D eigenvalue weighted by Crippen LogP contribution is -2.00. The zero-order chi connectivity index (χ0) is 15.4. The van der Waals surface area contributed by atoms with Crippen LogP contribution in [-0.4, -0.2) is 14.8 Å². The summed E-state index contributed by atoms with van der Waals surface area (Å²) in [7, 11) is 0. The van der Waals surface area contributed by atoms with Gasteiger partial charge < -0.3 is 4.42 Å². The van der Waals surface area contributed by atoms with Crippen molar-refractivity contribution < 1.29 is 4.42 Å². The Labute approximate surface area is 133 Å². The van der Waals surface area contributed by atoms with Crippen molar-refractivity contribution in [1.82, 2.24) is 14.8 Å². The zero-order valence-corrected chi connectivity index (χ0v) is 13.2. The van der Waals surface area contributed by atoms with E-state index in [0.29, 0.717) is 6.54 Å². The molecule has 0 radical (unpaired) electrons. The van der Waals surface area contributed by atoms with Crippen LogP contribution in [0.25, 0.3) is 11.6 Å². The highest BCUT2D eigenvalue weighted by molar-refractivity contribution is 7.98. The molecule has 0 saturated carbocycles. The molecule has 0 spiro atoms. The van der Waals surface area contributed by atoms with E-state index >= 15 is 0 Å². The fraction of sp³-hybridized carbons (Fsp3) is 0.176. The van der Waals surface area contributed by atoms with E-state index in [-0.39, 0.29) is 0 Å². The van der Waals surface area contributed by atoms with Crippen molar-refractivity contribution >= 4 is 11.8 Å². The third kappa shape index (κ3) is 3.14. The summed E-state index contributed by atoms with van der Waals surface area (Å²) in [6.45, 7) is 6.57. The normalized spacial score (nSPS) is 10.8. The van der Waals surface area contributed by atoms with E-state index in [1.54, 1.807) is 18.0 Å². The van der Waals surface area contributed by atoms with Crippen LogP contribution in [0.4, 0.5) is 0 Å². The summed E-state index contributed by atoms with van der Waals surface area (Å²) in [6, 6.07) is 12.2. The van der Waals surface area contributed by atoms with Crippen LogP contribution in [0.1, 0.15) is 11.1 Å². The van der Waals surface area contributed by atoms with Crippen molar-refractivity contribution in [2.45, 2.75) is 24.4 Å². The molecule has 22 heavy (non-hydrogen) atoms. The van der Waals surface area contributed by atoms with E-state index < -0.39 is 0 Å². The fourth-order valence-corrected chi connectivity index (χ4v) is 3.12. The van der Waals surface area contributed by atoms with Crippen LogP contribution >= 0.6 is 11.8 Å². The largest absolute Gasteiger partial charge is 0.461 e. The molecule has 2 heterocycles. The van der Waals surface area contributed by atoms with Gasteiger partial charge >= 0.3 is 0 Å². The molecule has 0 aliphatic carbocycles. The number of hydrogen-bond donors (Lipinski definition) is 0. The Morgan fingerprint density at radius 3 is 2.91 bits per heavy atom. The van der Waals surface area contributed by atoms with E-state index in [9.17, 15) is 0 Å². The standard InChI is InChI=1S/C17H17N3OS/c1-3-9-20-16(15-8-5-10-21-15)18-19-17(20)22-12-14-7-4-6-13(2)11-14/h3-8,10-11H,1,9,12H2,2H3. The number of hydrogen-bond acceptors (Lipinski definition) is 4. The van der Waals surface area contributed by atoms with Crippen LogP contribution in [0.2, 0.25) is 0 Å². The van der Waals surface area contributed by atoms with E-state index in [4.69, 9.17) is 4.42 Å². The summed E-state index contributed by atoms with van der Waals surface area (Å²) >= 11 is 1.67. The summed E-state index contributed by atoms with van der Waals surface area (Å²) in [5, 5.41) is 9.42. The van der Waals surface area contributed by atoms with Gasteiger partial charge in [-0.2, -0.15) is 0 Å². The molecule has 0 unspecified atom stereocenters. The Morgan fingerprint density at radius 1 is 1.27 bits per heavy atom. The molecule has 2 aromatic heterocycles. The van der Waals surface area contributed by atoms with Crippen LogP contribution in [0.5, 0.6) is 0 Å². The molecule has 112 valence electrons. The number of aromatic nitrogens is 3. The maximum Gasteiger partial charge on any atom is 0.200 e. The molecule has 0 N–H and O–H groups in total. The third-order valence-corrected chi connectivity index (χ3v) is 4.26. The van der Waals surface area contributed by atoms with Crippen LogP contribution in [0, 0.1) is 6.92 Å². The van der Waals surface area contributed by atoms with Gasteiger partial charge in [-0.25, -0.2) is 0 Å². The molecule has 1 aromatic carbocycles. The Bertz CT molecular complexity index is 762. The number of furan rings is 1. The van der Waals surface area contributed by atoms with E-state index in [0.717, 1.165) is 22.5 Å². The second-order valence-corrected chi connectivity index (χ2v) is 5.90. The van der Waals surface area contributed by atoms with Gasteiger partial charge in [0.2, 0.25) is 5.82 Å². The maximum absolute atomic E-state index is 5.43. The van der Waals surface area contributed by atoms with Crippen LogP contribution < -0.4 is 0 Å². The van der Waals surface area contributed by atoms with Crippen LogP contribution in [-0.2, 0) is 12.3 Å². The Morgan fingerprint density at radius 2 is 2.18 bits per heavy atom. The first-order valence-corrected chi connectivity index (χ1v) is 8.03. The van der Waals surface area contributed by atoms with Gasteiger partial charge in [-0.05, 0) is 24.6 Å². The molecule has 0 fully saturated rings. The summed E-state index contributed by atoms with van der Waals surface area (Å²) in [5.74, 6) is 2.31. The average Bonchev–Trinajstić information content (AvgIpc) is 3.15. The number of rotatable bonds is 6. The molecule has 0 amide bonds. The van der Waals surface area contributed by atoms with E-state index in [1.807, 2.05) is 22.8 Å². The van der Waals surface area contributed by atoms with Crippen molar-refractivity contribution in [1.29, 1.82) is 0 Å². The smallest absolute Gasteiger partial charge is 0.200 e. The second kappa shape index (κ2) is 6.66. The van der Waals surface area contributed by atoms with Crippen molar-refractivity contribution in [2.75, 3.05) is 0 Å². The number of nitrogens with zero attached hydrogens (tertiary/aromatic N) is 3. The maximum atomic E-state index is 5.43. The number of thioether (sulfide) groups is 1. The number of allylic oxidation sites excluding steroid dienone is 1. The number of aryl methyl sites for hydroxylation is 1. The van der Waals surface area contributed by atoms with Crippen molar-refractivity contribution in [2.24, 2.45) is 0 Å². The zero-order valence-electron chi connectivity index (χ0n) is 12.4. The second-order valence-electron chi connectivity index (χ2n) is 4.96. The molecule has 0 atom stereocenters. The topological polar surface area (TPSA) is 43.9 Å². The van der Waals surface area contributed by atoms with Gasteiger partial charge in [-0.15, -0.1) is 16.8 Å². The SMILES string of the molecule is C=CCn1c(SCc2cccc(C)c2)nnc1-c1ccco1.